The zero-order valence-electron chi connectivity index (χ0n) is 14.0. The van der Waals surface area contributed by atoms with Gasteiger partial charge in [-0.1, -0.05) is 18.2 Å². The molecule has 0 fully saturated rings. The van der Waals surface area contributed by atoms with Gasteiger partial charge in [-0.15, -0.1) is 0 Å². The summed E-state index contributed by atoms with van der Waals surface area (Å²) >= 11 is 0. The fourth-order valence-corrected chi connectivity index (χ4v) is 3.12. The largest absolute Gasteiger partial charge is 0.462 e. The van der Waals surface area contributed by atoms with Crippen molar-refractivity contribution in [2.24, 2.45) is 0 Å². The minimum Gasteiger partial charge on any atom is -0.462 e. The SMILES string of the molecule is CCOC(=O)c1ccc(-c2ccc3c(c2)CCCN3C(C)=O)cc1. The van der Waals surface area contributed by atoms with E-state index in [4.69, 9.17) is 4.74 Å². The molecule has 2 aromatic carbocycles. The molecule has 4 heteroatoms. The average molecular weight is 323 g/mol. The van der Waals surface area contributed by atoms with Gasteiger partial charge in [-0.05, 0) is 60.7 Å². The molecule has 0 bridgehead atoms. The van der Waals surface area contributed by atoms with Gasteiger partial charge in [-0.3, -0.25) is 4.79 Å². The van der Waals surface area contributed by atoms with Gasteiger partial charge in [0.25, 0.3) is 0 Å². The highest BCUT2D eigenvalue weighted by molar-refractivity contribution is 5.93. The molecule has 1 aliphatic rings. The van der Waals surface area contributed by atoms with Crippen molar-refractivity contribution in [2.45, 2.75) is 26.7 Å². The van der Waals surface area contributed by atoms with Gasteiger partial charge in [0, 0.05) is 19.2 Å². The number of aryl methyl sites for hydroxylation is 1. The highest BCUT2D eigenvalue weighted by Crippen LogP contribution is 2.31. The van der Waals surface area contributed by atoms with E-state index < -0.39 is 0 Å². The number of carbonyl (C=O) groups excluding carboxylic acids is 2. The van der Waals surface area contributed by atoms with E-state index in [-0.39, 0.29) is 11.9 Å². The molecule has 1 aliphatic heterocycles. The molecule has 0 atom stereocenters. The molecule has 0 radical (unpaired) electrons. The third-order valence-corrected chi connectivity index (χ3v) is 4.31. The molecular weight excluding hydrogens is 302 g/mol. The van der Waals surface area contributed by atoms with Crippen molar-refractivity contribution in [3.05, 3.63) is 53.6 Å². The fourth-order valence-electron chi connectivity index (χ4n) is 3.12. The Bertz CT molecular complexity index is 765. The Morgan fingerprint density at radius 1 is 1.08 bits per heavy atom. The van der Waals surface area contributed by atoms with Crippen LogP contribution in [0, 0.1) is 0 Å². The smallest absolute Gasteiger partial charge is 0.338 e. The van der Waals surface area contributed by atoms with Crippen LogP contribution in [0.5, 0.6) is 0 Å². The summed E-state index contributed by atoms with van der Waals surface area (Å²) in [5, 5.41) is 0. The third-order valence-electron chi connectivity index (χ3n) is 4.31. The molecule has 2 aromatic rings. The van der Waals surface area contributed by atoms with Crippen molar-refractivity contribution in [3.63, 3.8) is 0 Å². The zero-order valence-corrected chi connectivity index (χ0v) is 14.0. The van der Waals surface area contributed by atoms with E-state index in [0.29, 0.717) is 12.2 Å². The lowest BCUT2D eigenvalue weighted by Crippen LogP contribution is -2.33. The van der Waals surface area contributed by atoms with Crippen LogP contribution in [0.15, 0.2) is 42.5 Å². The first-order chi connectivity index (χ1) is 11.6. The second kappa shape index (κ2) is 6.87. The standard InChI is InChI=1S/C20H21NO3/c1-3-24-20(23)16-8-6-15(7-9-16)17-10-11-19-18(13-17)5-4-12-21(19)14(2)22/h6-11,13H,3-5,12H2,1-2H3. The lowest BCUT2D eigenvalue weighted by atomic mass is 9.95. The predicted octanol–water partition coefficient (Wildman–Crippen LogP) is 3.83. The lowest BCUT2D eigenvalue weighted by Gasteiger charge is -2.29. The molecule has 0 spiro atoms. The van der Waals surface area contributed by atoms with Crippen LogP contribution in [0.4, 0.5) is 5.69 Å². The Balaban J connectivity index is 1.88. The average Bonchev–Trinajstić information content (AvgIpc) is 2.61. The van der Waals surface area contributed by atoms with Crippen molar-refractivity contribution < 1.29 is 14.3 Å². The number of anilines is 1. The topological polar surface area (TPSA) is 46.6 Å². The summed E-state index contributed by atoms with van der Waals surface area (Å²) in [6.45, 7) is 4.56. The molecule has 0 saturated carbocycles. The number of hydrogen-bond acceptors (Lipinski definition) is 3. The van der Waals surface area contributed by atoms with E-state index in [9.17, 15) is 9.59 Å². The number of fused-ring (bicyclic) bond motifs is 1. The molecular formula is C20H21NO3. The second-order valence-corrected chi connectivity index (χ2v) is 5.92. The summed E-state index contributed by atoms with van der Waals surface area (Å²) < 4.78 is 5.01. The van der Waals surface area contributed by atoms with Gasteiger partial charge in [-0.25, -0.2) is 4.79 Å². The van der Waals surface area contributed by atoms with Gasteiger partial charge >= 0.3 is 5.97 Å². The maximum absolute atomic E-state index is 11.8. The summed E-state index contributed by atoms with van der Waals surface area (Å²) in [6, 6.07) is 13.6. The van der Waals surface area contributed by atoms with Crippen molar-refractivity contribution in [1.29, 1.82) is 0 Å². The van der Waals surface area contributed by atoms with E-state index in [1.165, 1.54) is 5.56 Å². The maximum atomic E-state index is 11.8. The van der Waals surface area contributed by atoms with Gasteiger partial charge in [0.15, 0.2) is 0 Å². The lowest BCUT2D eigenvalue weighted by molar-refractivity contribution is -0.116. The Morgan fingerprint density at radius 2 is 1.79 bits per heavy atom. The van der Waals surface area contributed by atoms with Crippen LogP contribution in [0.2, 0.25) is 0 Å². The molecule has 0 aliphatic carbocycles. The minimum absolute atomic E-state index is 0.0856. The first kappa shape index (κ1) is 16.2. The predicted molar refractivity (Wildman–Crippen MR) is 94.2 cm³/mol. The highest BCUT2D eigenvalue weighted by atomic mass is 16.5. The Morgan fingerprint density at radius 3 is 2.46 bits per heavy atom. The summed E-state index contributed by atoms with van der Waals surface area (Å²) in [7, 11) is 0. The number of ether oxygens (including phenoxy) is 1. The maximum Gasteiger partial charge on any atom is 0.338 e. The summed E-state index contributed by atoms with van der Waals surface area (Å²) in [6.07, 6.45) is 1.96. The number of carbonyl (C=O) groups is 2. The van der Waals surface area contributed by atoms with Crippen LogP contribution in [0.25, 0.3) is 11.1 Å². The van der Waals surface area contributed by atoms with Crippen molar-refractivity contribution in [3.8, 4) is 11.1 Å². The molecule has 4 nitrogen and oxygen atoms in total. The van der Waals surface area contributed by atoms with E-state index in [2.05, 4.69) is 6.07 Å². The van der Waals surface area contributed by atoms with Gasteiger partial charge in [0.05, 0.1) is 12.2 Å². The molecule has 1 amide bonds. The molecule has 124 valence electrons. The molecule has 24 heavy (non-hydrogen) atoms. The van der Waals surface area contributed by atoms with Crippen LogP contribution in [0.3, 0.4) is 0 Å². The quantitative estimate of drug-likeness (QED) is 0.807. The van der Waals surface area contributed by atoms with Crippen molar-refractivity contribution in [1.82, 2.24) is 0 Å². The van der Waals surface area contributed by atoms with Crippen LogP contribution in [0.1, 0.15) is 36.2 Å². The van der Waals surface area contributed by atoms with E-state index in [1.54, 1.807) is 26.0 Å². The number of hydrogen-bond donors (Lipinski definition) is 0. The van der Waals surface area contributed by atoms with E-state index in [1.807, 2.05) is 29.2 Å². The normalized spacial score (nSPS) is 13.3. The summed E-state index contributed by atoms with van der Waals surface area (Å²) in [5.41, 5.74) is 4.91. The first-order valence-corrected chi connectivity index (χ1v) is 8.28. The van der Waals surface area contributed by atoms with E-state index in [0.717, 1.165) is 36.2 Å². The number of rotatable bonds is 3. The van der Waals surface area contributed by atoms with Crippen molar-refractivity contribution in [2.75, 3.05) is 18.1 Å². The van der Waals surface area contributed by atoms with E-state index >= 15 is 0 Å². The third kappa shape index (κ3) is 3.18. The highest BCUT2D eigenvalue weighted by Gasteiger charge is 2.20. The van der Waals surface area contributed by atoms with Gasteiger partial charge < -0.3 is 9.64 Å². The summed E-state index contributed by atoms with van der Waals surface area (Å²) in [5.74, 6) is -0.214. The minimum atomic E-state index is -0.299. The summed E-state index contributed by atoms with van der Waals surface area (Å²) in [4.78, 5) is 25.3. The molecule has 0 N–H and O–H groups in total. The molecule has 0 saturated heterocycles. The molecule has 0 unspecified atom stereocenters. The monoisotopic (exact) mass is 323 g/mol. The molecule has 1 heterocycles. The fraction of sp³-hybridized carbons (Fsp3) is 0.300. The van der Waals surface area contributed by atoms with Gasteiger partial charge in [0.1, 0.15) is 0 Å². The van der Waals surface area contributed by atoms with Crippen LogP contribution >= 0.6 is 0 Å². The van der Waals surface area contributed by atoms with Crippen molar-refractivity contribution >= 4 is 17.6 Å². The second-order valence-electron chi connectivity index (χ2n) is 5.92. The number of benzene rings is 2. The van der Waals surface area contributed by atoms with Gasteiger partial charge in [0.2, 0.25) is 5.91 Å². The Kier molecular flexibility index (Phi) is 4.65. The first-order valence-electron chi connectivity index (χ1n) is 8.28. The van der Waals surface area contributed by atoms with Crippen LogP contribution in [-0.4, -0.2) is 25.0 Å². The number of esters is 1. The molecule has 3 rings (SSSR count). The van der Waals surface area contributed by atoms with Gasteiger partial charge in [-0.2, -0.15) is 0 Å². The zero-order chi connectivity index (χ0) is 17.1. The number of nitrogens with zero attached hydrogens (tertiary/aromatic N) is 1. The Hall–Kier alpha value is -2.62. The van der Waals surface area contributed by atoms with Crippen LogP contribution in [-0.2, 0) is 16.0 Å². The number of amides is 1. The van der Waals surface area contributed by atoms with Crippen LogP contribution < -0.4 is 4.90 Å². The Labute approximate surface area is 142 Å². The molecule has 0 aromatic heterocycles.